The molecule has 0 radical (unpaired) electrons. The number of rotatable bonds is 10. The van der Waals surface area contributed by atoms with E-state index in [1.54, 1.807) is 42.6 Å². The van der Waals surface area contributed by atoms with Crippen LogP contribution in [0.2, 0.25) is 0 Å². The minimum Gasteiger partial charge on any atom is -0.465 e. The van der Waals surface area contributed by atoms with Crippen molar-refractivity contribution in [1.29, 1.82) is 0 Å². The molecule has 0 saturated carbocycles. The van der Waals surface area contributed by atoms with E-state index in [1.807, 2.05) is 91.0 Å². The highest BCUT2D eigenvalue weighted by molar-refractivity contribution is 5.88. The fraction of sp³-hybridized carbons (Fsp3) is 0.0789. The molecule has 0 aliphatic rings. The highest BCUT2D eigenvalue weighted by Crippen LogP contribution is 2.30. The maximum atomic E-state index is 14.6. The molecule has 1 N–H and O–H groups in total. The molecule has 0 bridgehead atoms. The summed E-state index contributed by atoms with van der Waals surface area (Å²) in [6.07, 6.45) is 1.88. The van der Waals surface area contributed by atoms with Crippen molar-refractivity contribution >= 4 is 28.8 Å². The van der Waals surface area contributed by atoms with E-state index < -0.39 is 11.8 Å². The average molecular weight is 650 g/mol. The van der Waals surface area contributed by atoms with Crippen LogP contribution in [-0.4, -0.2) is 42.3 Å². The Balaban J connectivity index is 1.43. The summed E-state index contributed by atoms with van der Waals surface area (Å²) in [5.41, 5.74) is 3.28. The summed E-state index contributed by atoms with van der Waals surface area (Å²) in [5, 5.41) is 9.64. The first-order valence-corrected chi connectivity index (χ1v) is 15.5. The Morgan fingerprint density at radius 1 is 0.735 bits per heavy atom. The second kappa shape index (κ2) is 13.5. The fourth-order valence-electron chi connectivity index (χ4n) is 5.64. The summed E-state index contributed by atoms with van der Waals surface area (Å²) < 4.78 is 8.92. The van der Waals surface area contributed by atoms with E-state index in [4.69, 9.17) is 9.72 Å². The van der Waals surface area contributed by atoms with Gasteiger partial charge in [-0.3, -0.25) is 4.90 Å². The Morgan fingerprint density at radius 2 is 1.39 bits per heavy atom. The monoisotopic (exact) mass is 649 g/mol. The first-order valence-electron chi connectivity index (χ1n) is 15.5. The molecule has 0 aliphatic carbocycles. The number of aromatic nitrogens is 5. The zero-order chi connectivity index (χ0) is 33.7. The van der Waals surface area contributed by atoms with Crippen LogP contribution in [0.3, 0.4) is 0 Å². The quantitative estimate of drug-likeness (QED) is 0.167. The van der Waals surface area contributed by atoms with Gasteiger partial charge in [0.15, 0.2) is 11.5 Å². The lowest BCUT2D eigenvalue weighted by Crippen LogP contribution is -2.26. The smallest absolute Gasteiger partial charge is 0.411 e. The van der Waals surface area contributed by atoms with Crippen LogP contribution in [0.1, 0.15) is 11.1 Å². The molecular formula is C38H31N7O4. The third kappa shape index (κ3) is 6.45. The third-order valence-corrected chi connectivity index (χ3v) is 8.02. The molecule has 7 rings (SSSR count). The van der Waals surface area contributed by atoms with Crippen molar-refractivity contribution in [1.82, 2.24) is 24.1 Å². The van der Waals surface area contributed by atoms with Gasteiger partial charge in [-0.05, 0) is 53.6 Å². The number of pyridine rings is 1. The van der Waals surface area contributed by atoms with Gasteiger partial charge >= 0.3 is 11.8 Å². The van der Waals surface area contributed by atoms with Crippen molar-refractivity contribution in [2.75, 3.05) is 16.8 Å². The minimum absolute atomic E-state index is 0.336. The molecular weight excluding hydrogens is 618 g/mol. The van der Waals surface area contributed by atoms with Crippen LogP contribution >= 0.6 is 0 Å². The maximum Gasteiger partial charge on any atom is 0.411 e. The lowest BCUT2D eigenvalue weighted by molar-refractivity contribution is 0.203. The number of amides is 1. The number of imidazole rings is 1. The van der Waals surface area contributed by atoms with E-state index in [0.717, 1.165) is 16.0 Å². The highest BCUT2D eigenvalue weighted by atomic mass is 16.5. The average Bonchev–Trinajstić information content (AvgIpc) is 3.44. The van der Waals surface area contributed by atoms with Gasteiger partial charge < -0.3 is 14.7 Å². The number of anilines is 2. The van der Waals surface area contributed by atoms with Crippen LogP contribution in [0, 0.1) is 0 Å². The van der Waals surface area contributed by atoms with Gasteiger partial charge in [0.1, 0.15) is 29.2 Å². The van der Waals surface area contributed by atoms with Crippen LogP contribution in [0.4, 0.5) is 16.3 Å². The number of hydrogen-bond acceptors (Lipinski definition) is 7. The van der Waals surface area contributed by atoms with Crippen LogP contribution in [0.5, 0.6) is 11.5 Å². The number of para-hydroxylation sites is 1. The topological polar surface area (TPSA) is 119 Å². The minimum atomic E-state index is -1.13. The number of nitrogens with zero attached hydrogens (tertiary/aromatic N) is 7. The van der Waals surface area contributed by atoms with Gasteiger partial charge in [0, 0.05) is 25.8 Å². The molecule has 11 nitrogen and oxygen atoms in total. The molecule has 11 heteroatoms. The van der Waals surface area contributed by atoms with Crippen molar-refractivity contribution in [3.8, 4) is 23.0 Å². The molecule has 3 aromatic heterocycles. The number of benzene rings is 4. The molecule has 0 fully saturated rings. The van der Waals surface area contributed by atoms with Gasteiger partial charge in [-0.2, -0.15) is 0 Å². The number of hydrogen-bond donors (Lipinski definition) is 1. The summed E-state index contributed by atoms with van der Waals surface area (Å²) >= 11 is 0. The van der Waals surface area contributed by atoms with E-state index in [2.05, 4.69) is 14.9 Å². The second-order valence-electron chi connectivity index (χ2n) is 11.3. The molecule has 242 valence electrons. The van der Waals surface area contributed by atoms with E-state index in [-0.39, 0.29) is 0 Å². The van der Waals surface area contributed by atoms with Gasteiger partial charge in [-0.15, -0.1) is 0 Å². The van der Waals surface area contributed by atoms with E-state index in [0.29, 0.717) is 58.8 Å². The Hall–Kier alpha value is -6.75. The molecule has 0 unspecified atom stereocenters. The predicted molar refractivity (Wildman–Crippen MR) is 188 cm³/mol. The summed E-state index contributed by atoms with van der Waals surface area (Å²) in [6, 6.07) is 39.7. The van der Waals surface area contributed by atoms with Crippen molar-refractivity contribution in [2.45, 2.75) is 13.1 Å². The van der Waals surface area contributed by atoms with Gasteiger partial charge in [-0.25, -0.2) is 33.7 Å². The third-order valence-electron chi connectivity index (χ3n) is 8.02. The van der Waals surface area contributed by atoms with Crippen molar-refractivity contribution < 1.29 is 14.6 Å². The van der Waals surface area contributed by atoms with E-state index >= 15 is 0 Å². The van der Waals surface area contributed by atoms with Crippen LogP contribution in [0.15, 0.2) is 145 Å². The Kier molecular flexibility index (Phi) is 8.53. The molecule has 1 amide bonds. The number of ether oxygens (including phenoxy) is 1. The van der Waals surface area contributed by atoms with Gasteiger partial charge in [0.05, 0.1) is 11.9 Å². The van der Waals surface area contributed by atoms with Crippen LogP contribution in [-0.2, 0) is 13.1 Å². The summed E-state index contributed by atoms with van der Waals surface area (Å²) in [6.45, 7) is 0.995. The molecule has 0 saturated heterocycles. The van der Waals surface area contributed by atoms with E-state index in [9.17, 15) is 14.7 Å². The van der Waals surface area contributed by atoms with Gasteiger partial charge in [0.2, 0.25) is 0 Å². The van der Waals surface area contributed by atoms with Crippen molar-refractivity contribution in [3.63, 3.8) is 0 Å². The van der Waals surface area contributed by atoms with Crippen LogP contribution in [0.25, 0.3) is 22.7 Å². The van der Waals surface area contributed by atoms with Gasteiger partial charge in [-0.1, -0.05) is 84.9 Å². The highest BCUT2D eigenvalue weighted by Gasteiger charge is 2.25. The van der Waals surface area contributed by atoms with Crippen LogP contribution < -0.4 is 20.2 Å². The molecule has 3 heterocycles. The number of fused-ring (bicyclic) bond motifs is 1. The largest absolute Gasteiger partial charge is 0.465 e. The second-order valence-corrected chi connectivity index (χ2v) is 11.3. The summed E-state index contributed by atoms with van der Waals surface area (Å²) in [4.78, 5) is 43.7. The fourth-order valence-corrected chi connectivity index (χ4v) is 5.64. The molecule has 49 heavy (non-hydrogen) atoms. The van der Waals surface area contributed by atoms with Crippen molar-refractivity contribution in [3.05, 3.63) is 162 Å². The summed E-state index contributed by atoms with van der Waals surface area (Å²) in [5.74, 6) is 2.02. The first-order chi connectivity index (χ1) is 24.0. The normalized spacial score (nSPS) is 11.0. The lowest BCUT2D eigenvalue weighted by Gasteiger charge is -2.25. The van der Waals surface area contributed by atoms with Crippen molar-refractivity contribution in [2.24, 2.45) is 0 Å². The van der Waals surface area contributed by atoms with E-state index in [1.165, 1.54) is 22.5 Å². The first kappa shape index (κ1) is 30.9. The van der Waals surface area contributed by atoms with Gasteiger partial charge in [0.25, 0.3) is 0 Å². The maximum absolute atomic E-state index is 14.6. The SMILES string of the molecule is CN(C(=O)O)c1cccc(-n2c(=O)n(-c3ccc(Oc4ccccc4)cn3)c3c(N(Cc4ccccc4)Cc4ccccc4)ncnc32)c1. The molecule has 0 spiro atoms. The predicted octanol–water partition coefficient (Wildman–Crippen LogP) is 7.08. The molecule has 0 atom stereocenters. The zero-order valence-electron chi connectivity index (χ0n) is 26.5. The summed E-state index contributed by atoms with van der Waals surface area (Å²) in [7, 11) is 1.45. The molecule has 0 aliphatic heterocycles. The zero-order valence-corrected chi connectivity index (χ0v) is 26.5. The lowest BCUT2D eigenvalue weighted by atomic mass is 10.1. The Bertz CT molecular complexity index is 2230. The molecule has 4 aromatic carbocycles. The standard InChI is InChI=1S/C38H31N7O4/c1-42(38(47)48)29-16-11-17-30(22-29)44-36-34(45(37(44)46)33-21-20-32(23-39-33)49-31-18-9-4-10-19-31)35(40-26-41-36)43(24-27-12-5-2-6-13-27)25-28-14-7-3-8-15-28/h2-23,26H,24-25H2,1H3,(H,47,48). The molecule has 7 aromatic rings. The Morgan fingerprint density at radius 3 is 2.00 bits per heavy atom. The Labute approximate surface area is 281 Å². The number of carbonyl (C=O) groups is 1. The number of carboxylic acid groups (broad SMARTS) is 1.